The SMILES string of the molecule is CC(=O)N(C)n1c(O)ccc1O. The maximum atomic E-state index is 10.8. The first kappa shape index (κ1) is 8.45. The van der Waals surface area contributed by atoms with E-state index in [0.717, 1.165) is 9.69 Å². The topological polar surface area (TPSA) is 65.7 Å². The largest absolute Gasteiger partial charge is 0.493 e. The predicted octanol–water partition coefficient (Wildman–Crippen LogP) is 0.0136. The Bertz CT molecular complexity index is 286. The van der Waals surface area contributed by atoms with Crippen LogP contribution in [0.25, 0.3) is 0 Å². The second-order valence-electron chi connectivity index (χ2n) is 2.40. The zero-order valence-electron chi connectivity index (χ0n) is 6.85. The second-order valence-corrected chi connectivity index (χ2v) is 2.40. The summed E-state index contributed by atoms with van der Waals surface area (Å²) in [5.41, 5.74) is 0. The fourth-order valence-electron chi connectivity index (χ4n) is 0.856. The summed E-state index contributed by atoms with van der Waals surface area (Å²) in [4.78, 5) is 10.8. The van der Waals surface area contributed by atoms with Crippen molar-refractivity contribution in [1.82, 2.24) is 4.68 Å². The number of hydrogen-bond acceptors (Lipinski definition) is 3. The van der Waals surface area contributed by atoms with Crippen molar-refractivity contribution in [3.05, 3.63) is 12.1 Å². The third-order valence-electron chi connectivity index (χ3n) is 1.57. The van der Waals surface area contributed by atoms with Gasteiger partial charge in [0, 0.05) is 26.1 Å². The quantitative estimate of drug-likeness (QED) is 0.624. The lowest BCUT2D eigenvalue weighted by Crippen LogP contribution is -2.33. The number of nitrogens with zero attached hydrogens (tertiary/aromatic N) is 2. The highest BCUT2D eigenvalue weighted by atomic mass is 16.3. The van der Waals surface area contributed by atoms with E-state index in [1.165, 1.54) is 26.1 Å². The molecule has 1 rings (SSSR count). The number of carbonyl (C=O) groups is 1. The Kier molecular flexibility index (Phi) is 1.95. The fraction of sp³-hybridized carbons (Fsp3) is 0.286. The first-order valence-corrected chi connectivity index (χ1v) is 3.38. The Morgan fingerprint density at radius 2 is 1.83 bits per heavy atom. The van der Waals surface area contributed by atoms with Gasteiger partial charge in [-0.3, -0.25) is 4.79 Å². The highest BCUT2D eigenvalue weighted by Crippen LogP contribution is 2.20. The predicted molar refractivity (Wildman–Crippen MR) is 42.6 cm³/mol. The number of carbonyl (C=O) groups excluding carboxylic acids is 1. The molecule has 12 heavy (non-hydrogen) atoms. The van der Waals surface area contributed by atoms with Gasteiger partial charge in [-0.25, -0.2) is 5.01 Å². The maximum absolute atomic E-state index is 10.8. The van der Waals surface area contributed by atoms with E-state index in [1.807, 2.05) is 0 Å². The summed E-state index contributed by atoms with van der Waals surface area (Å²) < 4.78 is 1.00. The highest BCUT2D eigenvalue weighted by molar-refractivity contribution is 5.83. The Hall–Kier alpha value is -1.65. The number of amides is 1. The van der Waals surface area contributed by atoms with Gasteiger partial charge in [0.05, 0.1) is 0 Å². The molecule has 1 aromatic rings. The summed E-state index contributed by atoms with van der Waals surface area (Å²) in [6.07, 6.45) is 0. The molecule has 0 radical (unpaired) electrons. The first-order valence-electron chi connectivity index (χ1n) is 3.38. The molecule has 0 fully saturated rings. The molecule has 0 aliphatic carbocycles. The van der Waals surface area contributed by atoms with Crippen LogP contribution >= 0.6 is 0 Å². The van der Waals surface area contributed by atoms with Crippen LogP contribution in [0.2, 0.25) is 0 Å². The van der Waals surface area contributed by atoms with Crippen molar-refractivity contribution in [3.63, 3.8) is 0 Å². The van der Waals surface area contributed by atoms with E-state index >= 15 is 0 Å². The molecule has 0 saturated heterocycles. The van der Waals surface area contributed by atoms with Crippen LogP contribution in [0.3, 0.4) is 0 Å². The van der Waals surface area contributed by atoms with Crippen molar-refractivity contribution in [3.8, 4) is 11.8 Å². The van der Waals surface area contributed by atoms with Gasteiger partial charge in [0.15, 0.2) is 0 Å². The molecule has 1 heterocycles. The van der Waals surface area contributed by atoms with Crippen molar-refractivity contribution < 1.29 is 15.0 Å². The summed E-state index contributed by atoms with van der Waals surface area (Å²) in [6.45, 7) is 1.33. The molecule has 0 bridgehead atoms. The van der Waals surface area contributed by atoms with Gasteiger partial charge < -0.3 is 10.2 Å². The van der Waals surface area contributed by atoms with Gasteiger partial charge in [-0.2, -0.15) is 4.68 Å². The molecule has 0 aliphatic heterocycles. The van der Waals surface area contributed by atoms with Gasteiger partial charge in [0.2, 0.25) is 17.7 Å². The van der Waals surface area contributed by atoms with Crippen molar-refractivity contribution in [2.75, 3.05) is 12.1 Å². The molecular weight excluding hydrogens is 160 g/mol. The second kappa shape index (κ2) is 2.77. The number of rotatable bonds is 1. The number of aromatic nitrogens is 1. The number of hydrogen-bond donors (Lipinski definition) is 2. The third-order valence-corrected chi connectivity index (χ3v) is 1.57. The molecule has 0 spiro atoms. The van der Waals surface area contributed by atoms with E-state index in [1.54, 1.807) is 0 Å². The molecule has 66 valence electrons. The third kappa shape index (κ3) is 1.20. The van der Waals surface area contributed by atoms with Crippen molar-refractivity contribution in [2.45, 2.75) is 6.92 Å². The summed E-state index contributed by atoms with van der Waals surface area (Å²) in [6, 6.07) is 2.60. The van der Waals surface area contributed by atoms with Crippen LogP contribution in [0.1, 0.15) is 6.92 Å². The van der Waals surface area contributed by atoms with E-state index < -0.39 is 0 Å². The minimum Gasteiger partial charge on any atom is -0.493 e. The molecule has 0 saturated carbocycles. The van der Waals surface area contributed by atoms with E-state index in [4.69, 9.17) is 10.2 Å². The first-order chi connectivity index (χ1) is 5.54. The van der Waals surface area contributed by atoms with Crippen LogP contribution in [0.5, 0.6) is 11.8 Å². The molecule has 0 aromatic carbocycles. The minimum atomic E-state index is -0.281. The van der Waals surface area contributed by atoms with Crippen LogP contribution in [-0.2, 0) is 4.79 Å². The molecule has 0 atom stereocenters. The Morgan fingerprint density at radius 1 is 1.42 bits per heavy atom. The van der Waals surface area contributed by atoms with E-state index in [0.29, 0.717) is 0 Å². The van der Waals surface area contributed by atoms with Crippen molar-refractivity contribution in [1.29, 1.82) is 0 Å². The lowest BCUT2D eigenvalue weighted by atomic mass is 10.6. The molecule has 5 heteroatoms. The maximum Gasteiger partial charge on any atom is 0.238 e. The zero-order chi connectivity index (χ0) is 9.30. The Morgan fingerprint density at radius 3 is 2.17 bits per heavy atom. The summed E-state index contributed by atoms with van der Waals surface area (Å²) >= 11 is 0. The van der Waals surface area contributed by atoms with E-state index in [-0.39, 0.29) is 17.7 Å². The molecule has 0 aliphatic rings. The number of aromatic hydroxyl groups is 2. The lowest BCUT2D eigenvalue weighted by Gasteiger charge is -2.17. The van der Waals surface area contributed by atoms with Gasteiger partial charge in [-0.15, -0.1) is 0 Å². The van der Waals surface area contributed by atoms with Gasteiger partial charge >= 0.3 is 0 Å². The summed E-state index contributed by atoms with van der Waals surface area (Å²) in [5.74, 6) is -0.632. The molecule has 2 N–H and O–H groups in total. The smallest absolute Gasteiger partial charge is 0.238 e. The van der Waals surface area contributed by atoms with Gasteiger partial charge in [-0.1, -0.05) is 0 Å². The minimum absolute atomic E-state index is 0.176. The molecule has 1 aromatic heterocycles. The molecule has 1 amide bonds. The molecular formula is C7H10N2O3. The van der Waals surface area contributed by atoms with Gasteiger partial charge in [0.1, 0.15) is 0 Å². The van der Waals surface area contributed by atoms with Crippen LogP contribution in [-0.4, -0.2) is 27.8 Å². The zero-order valence-corrected chi connectivity index (χ0v) is 6.85. The fourth-order valence-corrected chi connectivity index (χ4v) is 0.856. The van der Waals surface area contributed by atoms with Crippen molar-refractivity contribution >= 4 is 5.91 Å². The summed E-state index contributed by atoms with van der Waals surface area (Å²) in [7, 11) is 1.45. The standard InChI is InChI=1S/C7H10N2O3/c1-5(10)8(2)9-6(11)3-4-7(9)12/h3-4,11-12H,1-2H3. The normalized spacial score (nSPS) is 9.83. The van der Waals surface area contributed by atoms with Crippen LogP contribution in [0, 0.1) is 0 Å². The average molecular weight is 170 g/mol. The molecule has 0 unspecified atom stereocenters. The molecule has 5 nitrogen and oxygen atoms in total. The van der Waals surface area contributed by atoms with Crippen molar-refractivity contribution in [2.24, 2.45) is 0 Å². The van der Waals surface area contributed by atoms with E-state index in [9.17, 15) is 4.79 Å². The Labute approximate surface area is 69.4 Å². The monoisotopic (exact) mass is 170 g/mol. The van der Waals surface area contributed by atoms with Gasteiger partial charge in [0.25, 0.3) is 0 Å². The van der Waals surface area contributed by atoms with E-state index in [2.05, 4.69) is 0 Å². The Balaban J connectivity index is 3.08. The lowest BCUT2D eigenvalue weighted by molar-refractivity contribution is -0.117. The van der Waals surface area contributed by atoms with Gasteiger partial charge in [-0.05, 0) is 0 Å². The van der Waals surface area contributed by atoms with Crippen LogP contribution in [0.15, 0.2) is 12.1 Å². The van der Waals surface area contributed by atoms with Crippen LogP contribution < -0.4 is 5.01 Å². The highest BCUT2D eigenvalue weighted by Gasteiger charge is 2.12. The van der Waals surface area contributed by atoms with Crippen LogP contribution in [0.4, 0.5) is 0 Å². The average Bonchev–Trinajstić information content (AvgIpc) is 2.30. The summed E-state index contributed by atoms with van der Waals surface area (Å²) in [5, 5.41) is 19.4.